The average molecular weight is 407 g/mol. The van der Waals surface area contributed by atoms with Gasteiger partial charge in [0.1, 0.15) is 12.4 Å². The van der Waals surface area contributed by atoms with E-state index in [1.165, 1.54) is 17.5 Å². The first kappa shape index (κ1) is 22.3. The molecule has 1 heterocycles. The topological polar surface area (TPSA) is 73.6 Å². The smallest absolute Gasteiger partial charge is 0.338 e. The summed E-state index contributed by atoms with van der Waals surface area (Å²) >= 11 is 1.54. The highest BCUT2D eigenvalue weighted by molar-refractivity contribution is 7.99. The number of benzene rings is 1. The average Bonchev–Trinajstić information content (AvgIpc) is 2.92. The molecule has 28 heavy (non-hydrogen) atoms. The van der Waals surface area contributed by atoms with Gasteiger partial charge in [-0.15, -0.1) is 0 Å². The first-order chi connectivity index (χ1) is 13.3. The van der Waals surface area contributed by atoms with E-state index in [9.17, 15) is 9.90 Å². The van der Waals surface area contributed by atoms with E-state index < -0.39 is 6.10 Å². The Bertz CT molecular complexity index is 771. The van der Waals surface area contributed by atoms with Crippen molar-refractivity contribution in [2.75, 3.05) is 19.0 Å². The predicted octanol–water partition coefficient (Wildman–Crippen LogP) is 3.86. The van der Waals surface area contributed by atoms with Crippen LogP contribution in [0.25, 0.3) is 0 Å². The van der Waals surface area contributed by atoms with Crippen LogP contribution < -0.4 is 4.74 Å². The number of nitrogens with zero attached hydrogens (tertiary/aromatic N) is 2. The Labute approximate surface area is 171 Å². The van der Waals surface area contributed by atoms with Crippen LogP contribution in [0.4, 0.5) is 0 Å². The zero-order chi connectivity index (χ0) is 20.7. The molecule has 0 saturated heterocycles. The summed E-state index contributed by atoms with van der Waals surface area (Å²) in [5.74, 6) is 1.27. The van der Waals surface area contributed by atoms with Gasteiger partial charge in [-0.1, -0.05) is 25.6 Å². The fraction of sp³-hybridized carbons (Fsp3) is 0.524. The van der Waals surface area contributed by atoms with E-state index >= 15 is 0 Å². The van der Waals surface area contributed by atoms with Crippen LogP contribution in [-0.4, -0.2) is 45.7 Å². The molecule has 2 aromatic rings. The van der Waals surface area contributed by atoms with E-state index in [2.05, 4.69) is 30.3 Å². The maximum atomic E-state index is 11.6. The number of aliphatic hydroxyl groups is 1. The van der Waals surface area contributed by atoms with Crippen molar-refractivity contribution in [2.45, 2.75) is 52.4 Å². The minimum Gasteiger partial charge on any atom is -0.491 e. The van der Waals surface area contributed by atoms with Crippen molar-refractivity contribution in [1.82, 2.24) is 9.55 Å². The molecule has 6 nitrogen and oxygen atoms in total. The van der Waals surface area contributed by atoms with E-state index in [0.717, 1.165) is 17.4 Å². The quantitative estimate of drug-likeness (QED) is 0.477. The number of carbonyl (C=O) groups excluding carboxylic acids is 1. The molecular formula is C21H30N2O4S. The van der Waals surface area contributed by atoms with Crippen molar-refractivity contribution in [3.05, 3.63) is 41.2 Å². The Balaban J connectivity index is 1.86. The molecule has 1 aromatic heterocycles. The Hall–Kier alpha value is -1.99. The number of aromatic nitrogens is 2. The van der Waals surface area contributed by atoms with Gasteiger partial charge >= 0.3 is 5.97 Å². The Kier molecular flexibility index (Phi) is 8.38. The van der Waals surface area contributed by atoms with Crippen LogP contribution in [-0.2, 0) is 11.3 Å². The summed E-state index contributed by atoms with van der Waals surface area (Å²) in [6.07, 6.45) is -0.625. The number of rotatable bonds is 10. The molecule has 1 N–H and O–H groups in total. The third kappa shape index (κ3) is 6.27. The maximum absolute atomic E-state index is 11.6. The normalized spacial score (nSPS) is 12.2. The third-order valence-electron chi connectivity index (χ3n) is 4.18. The Morgan fingerprint density at radius 2 is 1.93 bits per heavy atom. The Morgan fingerprint density at radius 1 is 1.25 bits per heavy atom. The molecule has 0 radical (unpaired) electrons. The van der Waals surface area contributed by atoms with Crippen LogP contribution in [0.15, 0.2) is 29.4 Å². The summed E-state index contributed by atoms with van der Waals surface area (Å²) in [4.78, 5) is 16.3. The van der Waals surface area contributed by atoms with Crippen LogP contribution in [0.1, 0.15) is 42.5 Å². The number of aliphatic hydroxyl groups excluding tert-OH is 1. The van der Waals surface area contributed by atoms with Gasteiger partial charge in [0.25, 0.3) is 0 Å². The number of esters is 1. The van der Waals surface area contributed by atoms with Crippen LogP contribution in [0.3, 0.4) is 0 Å². The number of imidazole rings is 1. The SMILES string of the molecule is CCOC(=O)c1ccc(OCC(O)CSc2nc(C)c(C)n2CC(C)C)cc1. The first-order valence-electron chi connectivity index (χ1n) is 9.56. The minimum atomic E-state index is -0.625. The second kappa shape index (κ2) is 10.5. The fourth-order valence-electron chi connectivity index (χ4n) is 2.63. The molecule has 2 rings (SSSR count). The summed E-state index contributed by atoms with van der Waals surface area (Å²) in [5, 5.41) is 11.2. The summed E-state index contributed by atoms with van der Waals surface area (Å²) < 4.78 is 12.8. The van der Waals surface area contributed by atoms with Crippen LogP contribution in [0, 0.1) is 19.8 Å². The molecule has 0 aliphatic carbocycles. The highest BCUT2D eigenvalue weighted by atomic mass is 32.2. The molecule has 0 aliphatic heterocycles. The molecule has 1 aromatic carbocycles. The van der Waals surface area contributed by atoms with Gasteiger partial charge in [0, 0.05) is 18.0 Å². The summed E-state index contributed by atoms with van der Waals surface area (Å²) in [7, 11) is 0. The van der Waals surface area contributed by atoms with Crippen molar-refractivity contribution in [3.8, 4) is 5.75 Å². The molecule has 0 spiro atoms. The number of ether oxygens (including phenoxy) is 2. The number of thioether (sulfide) groups is 1. The van der Waals surface area contributed by atoms with E-state index in [1.807, 2.05) is 6.92 Å². The van der Waals surface area contributed by atoms with Crippen molar-refractivity contribution < 1.29 is 19.4 Å². The number of carbonyl (C=O) groups is 1. The molecule has 1 atom stereocenters. The summed E-state index contributed by atoms with van der Waals surface area (Å²) in [5.41, 5.74) is 2.67. The van der Waals surface area contributed by atoms with E-state index in [-0.39, 0.29) is 12.6 Å². The monoisotopic (exact) mass is 406 g/mol. The van der Waals surface area contributed by atoms with Gasteiger partial charge < -0.3 is 19.1 Å². The minimum absolute atomic E-state index is 0.175. The molecule has 7 heteroatoms. The van der Waals surface area contributed by atoms with Crippen LogP contribution in [0.2, 0.25) is 0 Å². The number of aryl methyl sites for hydroxylation is 1. The van der Waals surface area contributed by atoms with Gasteiger partial charge in [0.2, 0.25) is 0 Å². The lowest BCUT2D eigenvalue weighted by molar-refractivity contribution is 0.0526. The molecule has 1 unspecified atom stereocenters. The molecule has 0 saturated carbocycles. The molecule has 0 bridgehead atoms. The zero-order valence-corrected chi connectivity index (χ0v) is 18.1. The maximum Gasteiger partial charge on any atom is 0.338 e. The lowest BCUT2D eigenvalue weighted by Crippen LogP contribution is -2.20. The fourth-order valence-corrected chi connectivity index (χ4v) is 3.63. The molecule has 0 fully saturated rings. The largest absolute Gasteiger partial charge is 0.491 e. The second-order valence-corrected chi connectivity index (χ2v) is 8.08. The van der Waals surface area contributed by atoms with Gasteiger partial charge in [-0.05, 0) is 51.0 Å². The summed E-state index contributed by atoms with van der Waals surface area (Å²) in [6, 6.07) is 6.72. The second-order valence-electron chi connectivity index (χ2n) is 7.09. The van der Waals surface area contributed by atoms with Crippen LogP contribution >= 0.6 is 11.8 Å². The van der Waals surface area contributed by atoms with E-state index in [0.29, 0.717) is 29.6 Å². The zero-order valence-electron chi connectivity index (χ0n) is 17.3. The molecule has 0 aliphatic rings. The third-order valence-corrected chi connectivity index (χ3v) is 5.30. The van der Waals surface area contributed by atoms with Crippen LogP contribution in [0.5, 0.6) is 5.75 Å². The lowest BCUT2D eigenvalue weighted by Gasteiger charge is -2.14. The molecular weight excluding hydrogens is 376 g/mol. The number of hydrogen-bond donors (Lipinski definition) is 1. The first-order valence-corrected chi connectivity index (χ1v) is 10.5. The van der Waals surface area contributed by atoms with E-state index in [4.69, 9.17) is 9.47 Å². The standard InChI is InChI=1S/C21H30N2O4S/c1-6-26-20(25)17-7-9-19(10-8-17)27-12-18(24)13-28-21-22-15(4)16(5)23(21)11-14(2)3/h7-10,14,18,24H,6,11-13H2,1-5H3. The predicted molar refractivity (Wildman–Crippen MR) is 111 cm³/mol. The number of hydrogen-bond acceptors (Lipinski definition) is 6. The van der Waals surface area contributed by atoms with Gasteiger partial charge in [0.15, 0.2) is 5.16 Å². The highest BCUT2D eigenvalue weighted by Crippen LogP contribution is 2.23. The van der Waals surface area contributed by atoms with Gasteiger partial charge in [-0.3, -0.25) is 0 Å². The Morgan fingerprint density at radius 3 is 2.54 bits per heavy atom. The summed E-state index contributed by atoms with van der Waals surface area (Å²) in [6.45, 7) is 11.6. The van der Waals surface area contributed by atoms with Crippen molar-refractivity contribution in [3.63, 3.8) is 0 Å². The van der Waals surface area contributed by atoms with Gasteiger partial charge in [-0.25, -0.2) is 9.78 Å². The highest BCUT2D eigenvalue weighted by Gasteiger charge is 2.15. The van der Waals surface area contributed by atoms with E-state index in [1.54, 1.807) is 31.2 Å². The van der Waals surface area contributed by atoms with Gasteiger partial charge in [-0.2, -0.15) is 0 Å². The van der Waals surface area contributed by atoms with Crippen molar-refractivity contribution >= 4 is 17.7 Å². The molecule has 154 valence electrons. The lowest BCUT2D eigenvalue weighted by atomic mass is 10.2. The van der Waals surface area contributed by atoms with Crippen molar-refractivity contribution in [1.29, 1.82) is 0 Å². The molecule has 0 amide bonds. The van der Waals surface area contributed by atoms with Gasteiger partial charge in [0.05, 0.1) is 24.0 Å². The van der Waals surface area contributed by atoms with Crippen molar-refractivity contribution in [2.24, 2.45) is 5.92 Å².